The number of carbonyl (C=O) groups excluding carboxylic acids is 1. The summed E-state index contributed by atoms with van der Waals surface area (Å²) >= 11 is 0. The largest absolute Gasteiger partial charge is 0.350 e. The molecule has 2 heterocycles. The Morgan fingerprint density at radius 1 is 1.17 bits per heavy atom. The molecule has 1 saturated carbocycles. The minimum atomic E-state index is -0.718. The minimum absolute atomic E-state index is 0.132. The standard InChI is InChI=1S/C20H19N5O4/c26-17-10-16(13-6-7-13)23-12-24(17)9-8-21-18(27)15-11-22-20(29)25(19(15)28)14-4-2-1-3-5-14/h1-5,10-13H,6-9H2,(H,21,27)(H,22,29). The number of carbonyl (C=O) groups is 1. The molecule has 3 aromatic rings. The van der Waals surface area contributed by atoms with E-state index in [0.29, 0.717) is 11.6 Å². The lowest BCUT2D eigenvalue weighted by Gasteiger charge is -2.09. The van der Waals surface area contributed by atoms with Crippen LogP contribution in [0.25, 0.3) is 5.69 Å². The van der Waals surface area contributed by atoms with E-state index in [-0.39, 0.29) is 24.2 Å². The van der Waals surface area contributed by atoms with Crippen molar-refractivity contribution in [2.24, 2.45) is 0 Å². The molecule has 0 saturated heterocycles. The molecule has 1 aliphatic rings. The van der Waals surface area contributed by atoms with Gasteiger partial charge in [0, 0.05) is 31.3 Å². The number of nitrogens with one attached hydrogen (secondary N) is 2. The van der Waals surface area contributed by atoms with Crippen molar-refractivity contribution >= 4 is 5.91 Å². The molecular weight excluding hydrogens is 374 g/mol. The molecule has 9 heteroatoms. The van der Waals surface area contributed by atoms with Crippen LogP contribution in [0.4, 0.5) is 0 Å². The number of H-pyrrole nitrogens is 1. The third-order valence-electron chi connectivity index (χ3n) is 4.77. The van der Waals surface area contributed by atoms with Crippen molar-refractivity contribution in [2.75, 3.05) is 6.54 Å². The van der Waals surface area contributed by atoms with Crippen LogP contribution in [0.5, 0.6) is 0 Å². The fourth-order valence-electron chi connectivity index (χ4n) is 3.04. The summed E-state index contributed by atoms with van der Waals surface area (Å²) in [4.78, 5) is 56.0. The molecule has 9 nitrogen and oxygen atoms in total. The van der Waals surface area contributed by atoms with Gasteiger partial charge in [-0.15, -0.1) is 0 Å². The Hall–Kier alpha value is -3.75. The first-order chi connectivity index (χ1) is 14.0. The molecule has 4 rings (SSSR count). The number of hydrogen-bond donors (Lipinski definition) is 2. The average Bonchev–Trinajstić information content (AvgIpc) is 3.55. The van der Waals surface area contributed by atoms with Crippen LogP contribution in [0.2, 0.25) is 0 Å². The van der Waals surface area contributed by atoms with E-state index < -0.39 is 17.2 Å². The Morgan fingerprint density at radius 2 is 1.93 bits per heavy atom. The lowest BCUT2D eigenvalue weighted by Crippen LogP contribution is -2.40. The van der Waals surface area contributed by atoms with Crippen molar-refractivity contribution in [1.29, 1.82) is 0 Å². The van der Waals surface area contributed by atoms with Gasteiger partial charge in [0.25, 0.3) is 17.0 Å². The van der Waals surface area contributed by atoms with Gasteiger partial charge in [-0.1, -0.05) is 18.2 Å². The van der Waals surface area contributed by atoms with Crippen LogP contribution < -0.4 is 22.1 Å². The van der Waals surface area contributed by atoms with E-state index in [2.05, 4.69) is 15.3 Å². The summed E-state index contributed by atoms with van der Waals surface area (Å²) in [5, 5.41) is 2.60. The molecule has 0 aliphatic heterocycles. The van der Waals surface area contributed by atoms with Crippen molar-refractivity contribution in [3.63, 3.8) is 0 Å². The maximum absolute atomic E-state index is 12.6. The number of nitrogens with zero attached hydrogens (tertiary/aromatic N) is 3. The highest BCUT2D eigenvalue weighted by Crippen LogP contribution is 2.38. The fraction of sp³-hybridized carbons (Fsp3) is 0.250. The van der Waals surface area contributed by atoms with Gasteiger partial charge in [-0.25, -0.2) is 14.3 Å². The van der Waals surface area contributed by atoms with Crippen LogP contribution >= 0.6 is 0 Å². The van der Waals surface area contributed by atoms with E-state index in [1.165, 1.54) is 17.0 Å². The number of aromatic amines is 1. The second-order valence-electron chi connectivity index (χ2n) is 6.86. The number of aromatic nitrogens is 4. The van der Waals surface area contributed by atoms with E-state index in [4.69, 9.17) is 0 Å². The van der Waals surface area contributed by atoms with Crippen molar-refractivity contribution < 1.29 is 4.79 Å². The highest BCUT2D eigenvalue weighted by atomic mass is 16.2. The summed E-state index contributed by atoms with van der Waals surface area (Å²) in [6.45, 7) is 0.353. The molecule has 1 aromatic carbocycles. The van der Waals surface area contributed by atoms with Crippen molar-refractivity contribution in [1.82, 2.24) is 24.4 Å². The van der Waals surface area contributed by atoms with Gasteiger partial charge in [-0.3, -0.25) is 19.0 Å². The van der Waals surface area contributed by atoms with Crippen molar-refractivity contribution in [2.45, 2.75) is 25.3 Å². The maximum atomic E-state index is 12.6. The summed E-state index contributed by atoms with van der Waals surface area (Å²) in [5.41, 5.74) is -0.544. The molecule has 0 spiro atoms. The fourth-order valence-corrected chi connectivity index (χ4v) is 3.04. The van der Waals surface area contributed by atoms with Gasteiger partial charge in [-0.05, 0) is 25.0 Å². The van der Waals surface area contributed by atoms with Crippen LogP contribution in [-0.2, 0) is 6.54 Å². The van der Waals surface area contributed by atoms with Gasteiger partial charge in [0.1, 0.15) is 5.56 Å². The Labute approximate surface area is 164 Å². The van der Waals surface area contributed by atoms with Gasteiger partial charge >= 0.3 is 5.69 Å². The number of benzene rings is 1. The van der Waals surface area contributed by atoms with E-state index in [0.717, 1.165) is 29.3 Å². The number of para-hydroxylation sites is 1. The van der Waals surface area contributed by atoms with E-state index in [1.807, 2.05) is 0 Å². The minimum Gasteiger partial charge on any atom is -0.350 e. The summed E-state index contributed by atoms with van der Waals surface area (Å²) in [6.07, 6.45) is 4.69. The third-order valence-corrected chi connectivity index (χ3v) is 4.77. The van der Waals surface area contributed by atoms with Gasteiger partial charge in [0.15, 0.2) is 0 Å². The zero-order chi connectivity index (χ0) is 20.4. The second kappa shape index (κ2) is 7.70. The summed E-state index contributed by atoms with van der Waals surface area (Å²) in [5.74, 6) is -0.240. The molecular formula is C20H19N5O4. The average molecular weight is 393 g/mol. The van der Waals surface area contributed by atoms with Crippen LogP contribution in [0.15, 0.2) is 63.3 Å². The Kier molecular flexibility index (Phi) is 4.94. The van der Waals surface area contributed by atoms with Gasteiger partial charge < -0.3 is 10.3 Å². The first kappa shape index (κ1) is 18.6. The zero-order valence-electron chi connectivity index (χ0n) is 15.5. The quantitative estimate of drug-likeness (QED) is 0.628. The second-order valence-corrected chi connectivity index (χ2v) is 6.86. The van der Waals surface area contributed by atoms with Crippen molar-refractivity contribution in [3.05, 3.63) is 91.4 Å². The Balaban J connectivity index is 1.47. The molecule has 29 heavy (non-hydrogen) atoms. The topological polar surface area (TPSA) is 119 Å². The summed E-state index contributed by atoms with van der Waals surface area (Å²) < 4.78 is 2.31. The lowest BCUT2D eigenvalue weighted by molar-refractivity contribution is 0.0949. The van der Waals surface area contributed by atoms with Crippen LogP contribution in [0.3, 0.4) is 0 Å². The molecule has 0 radical (unpaired) electrons. The van der Waals surface area contributed by atoms with Gasteiger partial charge in [-0.2, -0.15) is 0 Å². The zero-order valence-corrected chi connectivity index (χ0v) is 15.5. The Morgan fingerprint density at radius 3 is 2.62 bits per heavy atom. The number of hydrogen-bond acceptors (Lipinski definition) is 5. The normalized spacial score (nSPS) is 13.2. The molecule has 0 atom stereocenters. The molecule has 2 aromatic heterocycles. The molecule has 148 valence electrons. The first-order valence-corrected chi connectivity index (χ1v) is 9.29. The van der Waals surface area contributed by atoms with Gasteiger partial charge in [0.2, 0.25) is 0 Å². The molecule has 0 unspecified atom stereocenters. The summed E-state index contributed by atoms with van der Waals surface area (Å²) in [7, 11) is 0. The van der Waals surface area contributed by atoms with Crippen LogP contribution in [-0.4, -0.2) is 31.6 Å². The monoisotopic (exact) mass is 393 g/mol. The van der Waals surface area contributed by atoms with Crippen LogP contribution in [0, 0.1) is 0 Å². The maximum Gasteiger partial charge on any atom is 0.333 e. The highest BCUT2D eigenvalue weighted by molar-refractivity contribution is 5.93. The lowest BCUT2D eigenvalue weighted by atomic mass is 10.2. The molecule has 1 aliphatic carbocycles. The highest BCUT2D eigenvalue weighted by Gasteiger charge is 2.25. The van der Waals surface area contributed by atoms with E-state index >= 15 is 0 Å². The first-order valence-electron chi connectivity index (χ1n) is 9.29. The number of rotatable bonds is 6. The number of amides is 1. The summed E-state index contributed by atoms with van der Waals surface area (Å²) in [6, 6.07) is 9.86. The SMILES string of the molecule is O=C(NCCn1cnc(C2CC2)cc1=O)c1c[nH]c(=O)n(-c2ccccc2)c1=O. The predicted molar refractivity (Wildman–Crippen MR) is 105 cm³/mol. The third kappa shape index (κ3) is 3.93. The van der Waals surface area contributed by atoms with Crippen molar-refractivity contribution in [3.8, 4) is 5.69 Å². The predicted octanol–water partition coefficient (Wildman–Crippen LogP) is 0.390. The van der Waals surface area contributed by atoms with E-state index in [1.54, 1.807) is 30.3 Å². The molecule has 1 amide bonds. The molecule has 0 bridgehead atoms. The smallest absolute Gasteiger partial charge is 0.333 e. The Bertz CT molecular complexity index is 1220. The molecule has 2 N–H and O–H groups in total. The van der Waals surface area contributed by atoms with Gasteiger partial charge in [0.05, 0.1) is 17.7 Å². The van der Waals surface area contributed by atoms with Crippen LogP contribution in [0.1, 0.15) is 34.8 Å². The van der Waals surface area contributed by atoms with E-state index in [9.17, 15) is 19.2 Å². The molecule has 1 fully saturated rings.